The minimum Gasteiger partial charge on any atom is -0.748 e. The molecule has 0 N–H and O–H groups in total. The molecule has 0 nitrogen and oxygen atoms in total. The van der Waals surface area contributed by atoms with Crippen molar-refractivity contribution in [3.05, 3.63) is 54.6 Å². The summed E-state index contributed by atoms with van der Waals surface area (Å²) in [7, 11) is 0.954. The Labute approximate surface area is 92.3 Å². The van der Waals surface area contributed by atoms with Crippen LogP contribution in [0.2, 0.25) is 0 Å². The van der Waals surface area contributed by atoms with E-state index in [1.807, 2.05) is 30.3 Å². The first-order valence-corrected chi connectivity index (χ1v) is 5.49. The van der Waals surface area contributed by atoms with E-state index in [1.54, 1.807) is 0 Å². The van der Waals surface area contributed by atoms with Crippen molar-refractivity contribution in [2.75, 3.05) is 6.66 Å². The van der Waals surface area contributed by atoms with Crippen molar-refractivity contribution in [3.8, 4) is 0 Å². The summed E-state index contributed by atoms with van der Waals surface area (Å²) in [5.41, 5.74) is 0. The van der Waals surface area contributed by atoms with E-state index in [0.29, 0.717) is 0 Å². The fourth-order valence-corrected chi connectivity index (χ4v) is 1.39. The van der Waals surface area contributed by atoms with Crippen molar-refractivity contribution in [2.24, 2.45) is 0 Å². The summed E-state index contributed by atoms with van der Waals surface area (Å²) >= 11 is 0. The van der Waals surface area contributed by atoms with Gasteiger partial charge in [-0.25, -0.2) is 12.1 Å². The molecule has 0 fully saturated rings. The molecule has 0 radical (unpaired) electrons. The molecule has 0 aliphatic carbocycles. The van der Waals surface area contributed by atoms with E-state index in [2.05, 4.69) is 30.9 Å². The predicted octanol–water partition coefficient (Wildman–Crippen LogP) is 2.74. The van der Waals surface area contributed by atoms with Crippen LogP contribution in [-0.2, 0) is 17.1 Å². The van der Waals surface area contributed by atoms with Crippen LogP contribution in [0.1, 0.15) is 0 Å². The molecule has 2 aromatic rings. The topological polar surface area (TPSA) is 0 Å². The average molecular weight is 232 g/mol. The third-order valence-corrected chi connectivity index (χ3v) is 2.42. The Hall–Kier alpha value is -0.351. The molecule has 1 atom stereocenters. The number of hydrogen-bond acceptors (Lipinski definition) is 0. The van der Waals surface area contributed by atoms with Gasteiger partial charge in [0.05, 0.1) is 0 Å². The monoisotopic (exact) mass is 232 g/mol. The Balaban J connectivity index is 0.000000215. The quantitative estimate of drug-likeness (QED) is 0.403. The molecule has 13 heavy (non-hydrogen) atoms. The zero-order valence-electron chi connectivity index (χ0n) is 7.55. The van der Waals surface area contributed by atoms with E-state index in [1.165, 1.54) is 5.30 Å². The van der Waals surface area contributed by atoms with Crippen LogP contribution in [0.3, 0.4) is 0 Å². The SMILES string of the molecule is CP[c-]1cccc1.[Fe].[cH-]1[cH-][cH-][cH-][cH-]1. The molecule has 2 heteroatoms. The first-order chi connectivity index (χ1) is 5.93. The molecule has 0 amide bonds. The summed E-state index contributed by atoms with van der Waals surface area (Å²) in [6, 6.07) is 18.5. The van der Waals surface area contributed by atoms with E-state index >= 15 is 0 Å². The van der Waals surface area contributed by atoms with Gasteiger partial charge in [0.15, 0.2) is 0 Å². The van der Waals surface area contributed by atoms with Gasteiger partial charge in [0, 0.05) is 17.1 Å². The minimum absolute atomic E-state index is 0. The predicted molar refractivity (Wildman–Crippen MR) is 57.9 cm³/mol. The number of rotatable bonds is 1. The van der Waals surface area contributed by atoms with Crippen LogP contribution in [-0.4, -0.2) is 6.66 Å². The van der Waals surface area contributed by atoms with Gasteiger partial charge in [0.2, 0.25) is 0 Å². The summed E-state index contributed by atoms with van der Waals surface area (Å²) in [5.74, 6) is 0. The maximum absolute atomic E-state index is 2.19. The fourth-order valence-electron chi connectivity index (χ4n) is 0.861. The summed E-state index contributed by atoms with van der Waals surface area (Å²) in [6.45, 7) is 2.19. The van der Waals surface area contributed by atoms with Gasteiger partial charge in [0.1, 0.15) is 0 Å². The molecule has 0 aliphatic rings. The molecule has 0 bridgehead atoms. The third-order valence-electron chi connectivity index (χ3n) is 1.51. The van der Waals surface area contributed by atoms with Gasteiger partial charge in [-0.1, -0.05) is 6.66 Å². The summed E-state index contributed by atoms with van der Waals surface area (Å²) in [4.78, 5) is 0. The molecule has 0 aromatic heterocycles. The van der Waals surface area contributed by atoms with Crippen molar-refractivity contribution in [3.63, 3.8) is 0 Å². The van der Waals surface area contributed by atoms with Crippen LogP contribution in [0.5, 0.6) is 0 Å². The zero-order valence-corrected chi connectivity index (χ0v) is 9.65. The van der Waals surface area contributed by atoms with Crippen LogP contribution in [0.4, 0.5) is 0 Å². The van der Waals surface area contributed by atoms with E-state index in [4.69, 9.17) is 0 Å². The second-order valence-corrected chi connectivity index (χ2v) is 3.46. The van der Waals surface area contributed by atoms with Gasteiger partial charge >= 0.3 is 0 Å². The van der Waals surface area contributed by atoms with Gasteiger partial charge in [-0.2, -0.15) is 20.7 Å². The van der Waals surface area contributed by atoms with Crippen molar-refractivity contribution in [2.45, 2.75) is 0 Å². The van der Waals surface area contributed by atoms with Gasteiger partial charge in [-0.15, -0.1) is 5.30 Å². The molecule has 0 spiro atoms. The van der Waals surface area contributed by atoms with Gasteiger partial charge < -0.3 is 30.3 Å². The second kappa shape index (κ2) is 8.26. The maximum atomic E-state index is 2.19. The van der Waals surface area contributed by atoms with Crippen molar-refractivity contribution >= 4 is 13.9 Å². The summed E-state index contributed by atoms with van der Waals surface area (Å²) in [5, 5.41) is 1.46. The van der Waals surface area contributed by atoms with E-state index in [-0.39, 0.29) is 17.1 Å². The molecular weight excluding hydrogens is 219 g/mol. The first-order valence-electron chi connectivity index (χ1n) is 3.99. The zero-order chi connectivity index (χ0) is 8.65. The Morgan fingerprint density at radius 2 is 1.31 bits per heavy atom. The first kappa shape index (κ1) is 12.6. The summed E-state index contributed by atoms with van der Waals surface area (Å²) < 4.78 is 0. The van der Waals surface area contributed by atoms with Gasteiger partial charge in [-0.3, -0.25) is 0 Å². The Morgan fingerprint density at radius 1 is 0.923 bits per heavy atom. The molecule has 2 rings (SSSR count). The summed E-state index contributed by atoms with van der Waals surface area (Å²) in [6.07, 6.45) is 0. The molecule has 2 aromatic carbocycles. The molecule has 0 aliphatic heterocycles. The molecule has 0 saturated carbocycles. The van der Waals surface area contributed by atoms with Crippen molar-refractivity contribution in [1.82, 2.24) is 0 Å². The standard InChI is InChI=1S/C6H8P.C5H5.Fe/c1-7-6-4-2-3-5-6;1-2-4-5-3-1;/h2-5,7H,1H3;1-5H;/q-1;-5;. The van der Waals surface area contributed by atoms with Crippen LogP contribution >= 0.6 is 8.58 Å². The molecule has 76 valence electrons. The average Bonchev–Trinajstić information content (AvgIpc) is 2.81. The largest absolute Gasteiger partial charge is 0.748 e. The smallest absolute Gasteiger partial charge is 0 e. The Bertz CT molecular complexity index is 241. The normalized spacial score (nSPS) is 9.00. The van der Waals surface area contributed by atoms with Crippen LogP contribution in [0, 0.1) is 0 Å². The van der Waals surface area contributed by atoms with Gasteiger partial charge in [-0.05, 0) is 0 Å². The molecule has 0 saturated heterocycles. The second-order valence-electron chi connectivity index (χ2n) is 2.39. The minimum atomic E-state index is 0. The fraction of sp³-hybridized carbons (Fsp3) is 0.0909. The molecular formula is C11H13FeP-6. The van der Waals surface area contributed by atoms with Crippen LogP contribution in [0.25, 0.3) is 0 Å². The van der Waals surface area contributed by atoms with E-state index in [9.17, 15) is 0 Å². The molecule has 1 unspecified atom stereocenters. The Morgan fingerprint density at radius 3 is 1.54 bits per heavy atom. The van der Waals surface area contributed by atoms with E-state index < -0.39 is 0 Å². The van der Waals surface area contributed by atoms with E-state index in [0.717, 1.165) is 8.58 Å². The third kappa shape index (κ3) is 5.82. The Kier molecular flexibility index (Phi) is 8.03. The van der Waals surface area contributed by atoms with Crippen LogP contribution in [0.15, 0.2) is 54.6 Å². The van der Waals surface area contributed by atoms with Gasteiger partial charge in [0.25, 0.3) is 0 Å². The molecule has 0 heterocycles. The van der Waals surface area contributed by atoms with Crippen molar-refractivity contribution in [1.29, 1.82) is 0 Å². The number of hydrogen-bond donors (Lipinski definition) is 0. The maximum Gasteiger partial charge on any atom is 0 e. The van der Waals surface area contributed by atoms with Crippen molar-refractivity contribution < 1.29 is 17.1 Å². The van der Waals surface area contributed by atoms with Crippen LogP contribution < -0.4 is 5.30 Å².